The van der Waals surface area contributed by atoms with E-state index >= 15 is 0 Å². The van der Waals surface area contributed by atoms with Crippen molar-refractivity contribution in [1.82, 2.24) is 0 Å². The van der Waals surface area contributed by atoms with Gasteiger partial charge in [-0.2, -0.15) is 0 Å². The molecule has 3 aromatic carbocycles. The molecular formula is C26H26O7. The number of hydrogen-bond donors (Lipinski definition) is 4. The predicted octanol–water partition coefficient (Wildman–Crippen LogP) is 2.55. The quantitative estimate of drug-likeness (QED) is 0.357. The van der Waals surface area contributed by atoms with Crippen LogP contribution in [-0.2, 0) is 17.6 Å². The number of aryl methyl sites for hydroxylation is 2. The molecule has 7 heteroatoms. The van der Waals surface area contributed by atoms with Gasteiger partial charge in [0.25, 0.3) is 0 Å². The number of hydrogen-bond acceptors (Lipinski definition) is 7. The molecule has 33 heavy (non-hydrogen) atoms. The molecule has 1 fully saturated rings. The summed E-state index contributed by atoms with van der Waals surface area (Å²) in [6.45, 7) is -0.516. The van der Waals surface area contributed by atoms with Crippen LogP contribution in [-0.4, -0.2) is 57.7 Å². The molecule has 7 nitrogen and oxygen atoms in total. The second-order valence-electron chi connectivity index (χ2n) is 8.39. The van der Waals surface area contributed by atoms with Gasteiger partial charge in [0, 0.05) is 5.56 Å². The standard InChI is InChI=1S/C26H26O7/c27-13-21-23(28)24(29)25(30)26(33-21)32-20-7-3-6-19-22(20)18(14-31-19)11-9-15-8-10-16-4-1-2-5-17(16)12-15/h1-8,10,12,14,21,23-30H,9,11,13H2/t21-,23-,24+,25-,26-/m1/s1. The van der Waals surface area contributed by atoms with Crippen LogP contribution in [0, 0.1) is 0 Å². The summed E-state index contributed by atoms with van der Waals surface area (Å²) in [5.41, 5.74) is 2.78. The van der Waals surface area contributed by atoms with Crippen molar-refractivity contribution in [2.45, 2.75) is 43.5 Å². The van der Waals surface area contributed by atoms with Crippen LogP contribution in [0.25, 0.3) is 21.7 Å². The van der Waals surface area contributed by atoms with Gasteiger partial charge in [0.05, 0.1) is 18.3 Å². The Morgan fingerprint density at radius 3 is 2.45 bits per heavy atom. The van der Waals surface area contributed by atoms with Crippen molar-refractivity contribution in [2.75, 3.05) is 6.61 Å². The molecule has 1 aliphatic heterocycles. The zero-order valence-corrected chi connectivity index (χ0v) is 17.9. The molecule has 1 saturated heterocycles. The third-order valence-electron chi connectivity index (χ3n) is 6.23. The first-order valence-corrected chi connectivity index (χ1v) is 11.0. The molecule has 4 aromatic rings. The molecule has 5 atom stereocenters. The molecule has 0 amide bonds. The lowest BCUT2D eigenvalue weighted by Crippen LogP contribution is -2.60. The summed E-state index contributed by atoms with van der Waals surface area (Å²) < 4.78 is 17.2. The lowest BCUT2D eigenvalue weighted by molar-refractivity contribution is -0.277. The summed E-state index contributed by atoms with van der Waals surface area (Å²) in [6.07, 6.45) is -3.51. The van der Waals surface area contributed by atoms with E-state index in [4.69, 9.17) is 13.9 Å². The Balaban J connectivity index is 1.39. The van der Waals surface area contributed by atoms with Gasteiger partial charge >= 0.3 is 0 Å². The van der Waals surface area contributed by atoms with Crippen molar-refractivity contribution in [3.8, 4) is 5.75 Å². The first-order valence-electron chi connectivity index (χ1n) is 11.0. The molecule has 1 aliphatic rings. The maximum Gasteiger partial charge on any atom is 0.229 e. The highest BCUT2D eigenvalue weighted by Crippen LogP contribution is 2.34. The fraction of sp³-hybridized carbons (Fsp3) is 0.308. The number of fused-ring (bicyclic) bond motifs is 2. The molecule has 0 spiro atoms. The summed E-state index contributed by atoms with van der Waals surface area (Å²) in [7, 11) is 0. The molecule has 0 radical (unpaired) electrons. The zero-order valence-electron chi connectivity index (χ0n) is 17.9. The van der Waals surface area contributed by atoms with Crippen molar-refractivity contribution in [1.29, 1.82) is 0 Å². The molecule has 0 bridgehead atoms. The minimum Gasteiger partial charge on any atom is -0.464 e. The average Bonchev–Trinajstić information content (AvgIpc) is 3.27. The Morgan fingerprint density at radius 1 is 0.818 bits per heavy atom. The third kappa shape index (κ3) is 4.21. The van der Waals surface area contributed by atoms with Crippen LogP contribution in [0.5, 0.6) is 5.75 Å². The van der Waals surface area contributed by atoms with Crippen LogP contribution in [0.4, 0.5) is 0 Å². The SMILES string of the molecule is OC[C@H]1O[C@@H](Oc2cccc3occ(CCc4ccc5ccccc5c4)c23)[C@H](O)[C@@H](O)[C@@H]1O. The maximum absolute atomic E-state index is 10.3. The van der Waals surface area contributed by atoms with Gasteiger partial charge in [-0.25, -0.2) is 0 Å². The summed E-state index contributed by atoms with van der Waals surface area (Å²) >= 11 is 0. The fourth-order valence-corrected chi connectivity index (χ4v) is 4.36. The Labute approximate surface area is 190 Å². The molecule has 5 rings (SSSR count). The lowest BCUT2D eigenvalue weighted by Gasteiger charge is -2.39. The van der Waals surface area contributed by atoms with E-state index in [-0.39, 0.29) is 0 Å². The van der Waals surface area contributed by atoms with Gasteiger partial charge < -0.3 is 34.3 Å². The van der Waals surface area contributed by atoms with E-state index in [9.17, 15) is 20.4 Å². The Morgan fingerprint density at radius 2 is 1.64 bits per heavy atom. The van der Waals surface area contributed by atoms with Crippen molar-refractivity contribution in [3.05, 3.63) is 78.1 Å². The maximum atomic E-state index is 10.3. The molecule has 1 aromatic heterocycles. The van der Waals surface area contributed by atoms with E-state index in [1.165, 1.54) is 16.3 Å². The molecule has 0 saturated carbocycles. The Hall–Kier alpha value is -2.94. The van der Waals surface area contributed by atoms with Crippen LogP contribution in [0.1, 0.15) is 11.1 Å². The summed E-state index contributed by atoms with van der Waals surface area (Å²) in [5.74, 6) is 0.430. The molecular weight excluding hydrogens is 424 g/mol. The van der Waals surface area contributed by atoms with Crippen LogP contribution >= 0.6 is 0 Å². The number of aliphatic hydroxyl groups excluding tert-OH is 4. The number of ether oxygens (including phenoxy) is 2. The van der Waals surface area contributed by atoms with Gasteiger partial charge in [-0.05, 0) is 41.3 Å². The van der Waals surface area contributed by atoms with Gasteiger partial charge in [-0.3, -0.25) is 0 Å². The zero-order chi connectivity index (χ0) is 22.9. The average molecular weight is 450 g/mol. The highest BCUT2D eigenvalue weighted by molar-refractivity contribution is 5.87. The topological polar surface area (TPSA) is 113 Å². The van der Waals surface area contributed by atoms with Gasteiger partial charge in [0.1, 0.15) is 35.7 Å². The summed E-state index contributed by atoms with van der Waals surface area (Å²) in [4.78, 5) is 0. The van der Waals surface area contributed by atoms with Gasteiger partial charge in [-0.15, -0.1) is 0 Å². The Kier molecular flexibility index (Phi) is 6.05. The summed E-state index contributed by atoms with van der Waals surface area (Å²) in [5, 5.41) is 43.0. The largest absolute Gasteiger partial charge is 0.464 e. The van der Waals surface area contributed by atoms with Gasteiger partial charge in [0.2, 0.25) is 6.29 Å². The first kappa shape index (κ1) is 21.9. The smallest absolute Gasteiger partial charge is 0.229 e. The number of aliphatic hydroxyl groups is 4. The van der Waals surface area contributed by atoms with Crippen LogP contribution < -0.4 is 4.74 Å². The monoisotopic (exact) mass is 450 g/mol. The Bertz CT molecular complexity index is 1250. The molecule has 4 N–H and O–H groups in total. The van der Waals surface area contributed by atoms with Gasteiger partial charge in [-0.1, -0.05) is 48.5 Å². The van der Waals surface area contributed by atoms with Crippen LogP contribution in [0.2, 0.25) is 0 Å². The van der Waals surface area contributed by atoms with Crippen molar-refractivity contribution in [2.24, 2.45) is 0 Å². The van der Waals surface area contributed by atoms with Gasteiger partial charge in [0.15, 0.2) is 0 Å². The number of benzene rings is 3. The van der Waals surface area contributed by atoms with E-state index in [2.05, 4.69) is 30.3 Å². The molecule has 0 aliphatic carbocycles. The molecule has 172 valence electrons. The first-order chi connectivity index (χ1) is 16.0. The molecule has 0 unspecified atom stereocenters. The van der Waals surface area contributed by atoms with E-state index in [1.54, 1.807) is 18.4 Å². The van der Waals surface area contributed by atoms with E-state index in [1.807, 2.05) is 18.2 Å². The van der Waals surface area contributed by atoms with E-state index in [0.29, 0.717) is 17.8 Å². The summed E-state index contributed by atoms with van der Waals surface area (Å²) in [6, 6.07) is 20.0. The van der Waals surface area contributed by atoms with Crippen molar-refractivity contribution in [3.63, 3.8) is 0 Å². The number of rotatable bonds is 6. The minimum absolute atomic E-state index is 0.430. The molecule has 2 heterocycles. The van der Waals surface area contributed by atoms with Crippen molar-refractivity contribution >= 4 is 21.7 Å². The van der Waals surface area contributed by atoms with Crippen LogP contribution in [0.15, 0.2) is 71.3 Å². The highest BCUT2D eigenvalue weighted by atomic mass is 16.7. The highest BCUT2D eigenvalue weighted by Gasteiger charge is 2.44. The lowest BCUT2D eigenvalue weighted by atomic mass is 9.99. The second kappa shape index (κ2) is 9.13. The van der Waals surface area contributed by atoms with Crippen LogP contribution in [0.3, 0.4) is 0 Å². The minimum atomic E-state index is -1.50. The van der Waals surface area contributed by atoms with E-state index in [0.717, 1.165) is 17.4 Å². The van der Waals surface area contributed by atoms with E-state index < -0.39 is 37.3 Å². The number of furan rings is 1. The second-order valence-corrected chi connectivity index (χ2v) is 8.39. The van der Waals surface area contributed by atoms with Crippen molar-refractivity contribution < 1.29 is 34.3 Å². The normalized spacial score (nSPS) is 25.5. The predicted molar refractivity (Wildman–Crippen MR) is 122 cm³/mol. The third-order valence-corrected chi connectivity index (χ3v) is 6.23. The fourth-order valence-electron chi connectivity index (χ4n) is 4.36.